The van der Waals surface area contributed by atoms with Crippen LogP contribution in [0.15, 0.2) is 72.9 Å². The zero-order chi connectivity index (χ0) is 24.4. The Labute approximate surface area is 202 Å². The first-order valence-corrected chi connectivity index (χ1v) is 11.5. The fraction of sp³-hybridized carbons (Fsp3) is 0.179. The van der Waals surface area contributed by atoms with Crippen LogP contribution in [0.4, 0.5) is 0 Å². The van der Waals surface area contributed by atoms with Crippen molar-refractivity contribution in [2.75, 3.05) is 7.05 Å². The molecule has 176 valence electrons. The lowest BCUT2D eigenvalue weighted by atomic mass is 9.88. The number of amides is 2. The molecule has 1 aromatic heterocycles. The van der Waals surface area contributed by atoms with Gasteiger partial charge >= 0.3 is 0 Å². The molecule has 3 N–H and O–H groups in total. The van der Waals surface area contributed by atoms with E-state index < -0.39 is 0 Å². The molecule has 1 unspecified atom stereocenters. The van der Waals surface area contributed by atoms with Crippen LogP contribution >= 0.6 is 0 Å². The van der Waals surface area contributed by atoms with Crippen molar-refractivity contribution in [3.8, 4) is 17.2 Å². The number of aromatic nitrogens is 1. The molecule has 0 saturated carbocycles. The van der Waals surface area contributed by atoms with Crippen LogP contribution < -0.4 is 15.4 Å². The number of pyridine rings is 1. The molecule has 2 amide bonds. The summed E-state index contributed by atoms with van der Waals surface area (Å²) in [4.78, 5) is 28.8. The van der Waals surface area contributed by atoms with Crippen molar-refractivity contribution in [1.82, 2.24) is 15.6 Å². The van der Waals surface area contributed by atoms with E-state index in [1.54, 1.807) is 49.6 Å². The van der Waals surface area contributed by atoms with Crippen molar-refractivity contribution in [1.29, 1.82) is 0 Å². The van der Waals surface area contributed by atoms with Gasteiger partial charge in [0, 0.05) is 30.9 Å². The Balaban J connectivity index is 1.28. The number of hydrogen-bond acceptors (Lipinski definition) is 5. The van der Waals surface area contributed by atoms with E-state index in [9.17, 15) is 14.7 Å². The number of carbonyl (C=O) groups excluding carboxylic acids is 2. The standard InChI is InChI=1S/C28H25N3O4/c1-29-28(34)26-16-25(10-11-30-26)35-24-9-6-17-4-7-22(13-21(17)15-24)31-27(33)20-3-2-19-14-23(32)8-5-18(19)12-20/h2-3,5-6,8-12,14-16,22,32H,4,7,13H2,1H3,(H,29,34)(H,31,33). The van der Waals surface area contributed by atoms with E-state index in [0.717, 1.165) is 29.2 Å². The van der Waals surface area contributed by atoms with E-state index in [0.29, 0.717) is 23.5 Å². The third-order valence-electron chi connectivity index (χ3n) is 6.25. The van der Waals surface area contributed by atoms with Crippen molar-refractivity contribution in [3.05, 3.63) is 95.3 Å². The first-order chi connectivity index (χ1) is 17.0. The fourth-order valence-corrected chi connectivity index (χ4v) is 4.43. The molecule has 1 aliphatic rings. The number of aromatic hydroxyl groups is 1. The summed E-state index contributed by atoms with van der Waals surface area (Å²) in [5.74, 6) is 1.02. The van der Waals surface area contributed by atoms with Gasteiger partial charge in [0.05, 0.1) is 0 Å². The maximum absolute atomic E-state index is 12.9. The van der Waals surface area contributed by atoms with Crippen LogP contribution in [0.3, 0.4) is 0 Å². The Kier molecular flexibility index (Phi) is 6.06. The van der Waals surface area contributed by atoms with Gasteiger partial charge in [0.2, 0.25) is 0 Å². The first kappa shape index (κ1) is 22.4. The normalized spacial score (nSPS) is 14.7. The number of benzene rings is 3. The number of hydrogen-bond donors (Lipinski definition) is 3. The zero-order valence-electron chi connectivity index (χ0n) is 19.2. The first-order valence-electron chi connectivity index (χ1n) is 11.5. The van der Waals surface area contributed by atoms with E-state index in [-0.39, 0.29) is 29.3 Å². The second kappa shape index (κ2) is 9.46. The number of rotatable bonds is 5. The van der Waals surface area contributed by atoms with E-state index in [1.165, 1.54) is 5.56 Å². The average molecular weight is 468 g/mol. The molecule has 1 aliphatic carbocycles. The van der Waals surface area contributed by atoms with Crippen LogP contribution in [0.25, 0.3) is 10.8 Å². The van der Waals surface area contributed by atoms with Crippen molar-refractivity contribution < 1.29 is 19.4 Å². The number of nitrogens with zero attached hydrogens (tertiary/aromatic N) is 1. The molecule has 0 fully saturated rings. The van der Waals surface area contributed by atoms with E-state index >= 15 is 0 Å². The van der Waals surface area contributed by atoms with Crippen LogP contribution in [0.1, 0.15) is 38.4 Å². The molecular weight excluding hydrogens is 442 g/mol. The molecule has 0 aliphatic heterocycles. The van der Waals surface area contributed by atoms with Crippen LogP contribution in [-0.2, 0) is 12.8 Å². The SMILES string of the molecule is CNC(=O)c1cc(Oc2ccc3c(c2)CC(NC(=O)c2ccc4cc(O)ccc4c2)CC3)ccn1. The highest BCUT2D eigenvalue weighted by molar-refractivity contribution is 5.99. The Hall–Kier alpha value is -4.39. The summed E-state index contributed by atoms with van der Waals surface area (Å²) in [7, 11) is 1.56. The molecule has 5 rings (SSSR count). The molecule has 0 bridgehead atoms. The van der Waals surface area contributed by atoms with Crippen molar-refractivity contribution in [2.45, 2.75) is 25.3 Å². The van der Waals surface area contributed by atoms with Gasteiger partial charge < -0.3 is 20.5 Å². The smallest absolute Gasteiger partial charge is 0.269 e. The van der Waals surface area contributed by atoms with Gasteiger partial charge in [-0.25, -0.2) is 0 Å². The van der Waals surface area contributed by atoms with Crippen molar-refractivity contribution in [2.24, 2.45) is 0 Å². The predicted octanol–water partition coefficient (Wildman–Crippen LogP) is 4.38. The lowest BCUT2D eigenvalue weighted by molar-refractivity contribution is 0.0931. The number of phenolic OH excluding ortho intramolecular Hbond substituents is 1. The minimum atomic E-state index is -0.274. The van der Waals surface area contributed by atoms with Crippen molar-refractivity contribution in [3.63, 3.8) is 0 Å². The Bertz CT molecular complexity index is 1430. The van der Waals surface area contributed by atoms with Crippen LogP contribution in [0.5, 0.6) is 17.2 Å². The third kappa shape index (κ3) is 4.94. The van der Waals surface area contributed by atoms with Crippen LogP contribution in [0, 0.1) is 0 Å². The molecule has 0 radical (unpaired) electrons. The second-order valence-electron chi connectivity index (χ2n) is 8.65. The van der Waals surface area contributed by atoms with Gasteiger partial charge in [0.15, 0.2) is 0 Å². The Morgan fingerprint density at radius 2 is 1.71 bits per heavy atom. The maximum atomic E-state index is 12.9. The molecule has 0 saturated heterocycles. The molecule has 0 spiro atoms. The van der Waals surface area contributed by atoms with E-state index in [2.05, 4.69) is 21.7 Å². The van der Waals surface area contributed by atoms with E-state index in [4.69, 9.17) is 4.74 Å². The summed E-state index contributed by atoms with van der Waals surface area (Å²) in [5, 5.41) is 17.2. The van der Waals surface area contributed by atoms with E-state index in [1.807, 2.05) is 24.3 Å². The van der Waals surface area contributed by atoms with Gasteiger partial charge in [-0.2, -0.15) is 0 Å². The maximum Gasteiger partial charge on any atom is 0.269 e. The summed E-state index contributed by atoms with van der Waals surface area (Å²) in [6.07, 6.45) is 3.98. The van der Waals surface area contributed by atoms with Crippen molar-refractivity contribution >= 4 is 22.6 Å². The molecule has 4 aromatic rings. The largest absolute Gasteiger partial charge is 0.508 e. The summed E-state index contributed by atoms with van der Waals surface area (Å²) >= 11 is 0. The zero-order valence-corrected chi connectivity index (χ0v) is 19.2. The lowest BCUT2D eigenvalue weighted by Gasteiger charge is -2.26. The average Bonchev–Trinajstić information content (AvgIpc) is 2.87. The number of fused-ring (bicyclic) bond motifs is 2. The highest BCUT2D eigenvalue weighted by atomic mass is 16.5. The lowest BCUT2D eigenvalue weighted by Crippen LogP contribution is -2.38. The van der Waals surface area contributed by atoms with Gasteiger partial charge in [0.1, 0.15) is 22.9 Å². The van der Waals surface area contributed by atoms with Crippen LogP contribution in [0.2, 0.25) is 0 Å². The number of nitrogens with one attached hydrogen (secondary N) is 2. The fourth-order valence-electron chi connectivity index (χ4n) is 4.43. The predicted molar refractivity (Wildman–Crippen MR) is 133 cm³/mol. The molecule has 35 heavy (non-hydrogen) atoms. The summed E-state index contributed by atoms with van der Waals surface area (Å²) < 4.78 is 5.99. The molecule has 7 nitrogen and oxygen atoms in total. The van der Waals surface area contributed by atoms with Gasteiger partial charge in [0.25, 0.3) is 11.8 Å². The highest BCUT2D eigenvalue weighted by Gasteiger charge is 2.21. The molecule has 7 heteroatoms. The van der Waals surface area contributed by atoms with Gasteiger partial charge in [-0.1, -0.05) is 18.2 Å². The number of ether oxygens (including phenoxy) is 1. The number of phenols is 1. The summed E-state index contributed by atoms with van der Waals surface area (Å²) in [6.45, 7) is 0. The van der Waals surface area contributed by atoms with Gasteiger partial charge in [-0.3, -0.25) is 14.6 Å². The molecule has 3 aromatic carbocycles. The molecule has 1 atom stereocenters. The number of aryl methyl sites for hydroxylation is 1. The third-order valence-corrected chi connectivity index (χ3v) is 6.25. The van der Waals surface area contributed by atoms with Crippen LogP contribution in [-0.4, -0.2) is 35.0 Å². The quantitative estimate of drug-likeness (QED) is 0.404. The Morgan fingerprint density at radius 1 is 0.914 bits per heavy atom. The minimum absolute atomic E-state index is 0.0153. The molecule has 1 heterocycles. The van der Waals surface area contributed by atoms with Gasteiger partial charge in [-0.15, -0.1) is 0 Å². The Morgan fingerprint density at radius 3 is 2.57 bits per heavy atom. The monoisotopic (exact) mass is 467 g/mol. The highest BCUT2D eigenvalue weighted by Crippen LogP contribution is 2.29. The topological polar surface area (TPSA) is 101 Å². The molecular formula is C28H25N3O4. The minimum Gasteiger partial charge on any atom is -0.508 e. The summed E-state index contributed by atoms with van der Waals surface area (Å²) in [5.41, 5.74) is 3.26. The number of carbonyl (C=O) groups is 2. The summed E-state index contributed by atoms with van der Waals surface area (Å²) in [6, 6.07) is 19.9. The van der Waals surface area contributed by atoms with Gasteiger partial charge in [-0.05, 0) is 83.6 Å². The second-order valence-corrected chi connectivity index (χ2v) is 8.65.